The molecule has 1 N–H and O–H groups in total. The van der Waals surface area contributed by atoms with Gasteiger partial charge in [0.15, 0.2) is 5.69 Å². The molecular formula is C10H12F3N5. The SMILES string of the molecule is CNc1cnn(Cc2cc(C(F)(F)F)nn2C)c1. The van der Waals surface area contributed by atoms with E-state index in [1.165, 1.54) is 11.7 Å². The maximum absolute atomic E-state index is 12.5. The molecular weight excluding hydrogens is 247 g/mol. The van der Waals surface area contributed by atoms with Crippen LogP contribution in [0.15, 0.2) is 18.5 Å². The van der Waals surface area contributed by atoms with Crippen LogP contribution in [0.1, 0.15) is 11.4 Å². The molecule has 18 heavy (non-hydrogen) atoms. The van der Waals surface area contributed by atoms with Crippen LogP contribution in [0.25, 0.3) is 0 Å². The molecule has 5 nitrogen and oxygen atoms in total. The van der Waals surface area contributed by atoms with Crippen molar-refractivity contribution >= 4 is 5.69 Å². The van der Waals surface area contributed by atoms with Crippen LogP contribution in [0.3, 0.4) is 0 Å². The molecule has 0 saturated carbocycles. The highest BCUT2D eigenvalue weighted by molar-refractivity contribution is 5.37. The Hall–Kier alpha value is -1.99. The van der Waals surface area contributed by atoms with E-state index in [9.17, 15) is 13.2 Å². The minimum atomic E-state index is -4.42. The molecule has 8 heteroatoms. The number of anilines is 1. The summed E-state index contributed by atoms with van der Waals surface area (Å²) < 4.78 is 40.2. The first-order valence-corrected chi connectivity index (χ1v) is 5.20. The van der Waals surface area contributed by atoms with E-state index in [4.69, 9.17) is 0 Å². The van der Waals surface area contributed by atoms with Gasteiger partial charge in [0.25, 0.3) is 0 Å². The number of hydrogen-bond acceptors (Lipinski definition) is 3. The highest BCUT2D eigenvalue weighted by Crippen LogP contribution is 2.28. The molecule has 0 bridgehead atoms. The van der Waals surface area contributed by atoms with Gasteiger partial charge >= 0.3 is 6.18 Å². The van der Waals surface area contributed by atoms with Crippen LogP contribution in [-0.4, -0.2) is 26.6 Å². The van der Waals surface area contributed by atoms with Gasteiger partial charge in [0.05, 0.1) is 24.1 Å². The predicted octanol–water partition coefficient (Wildman–Crippen LogP) is 1.73. The average molecular weight is 259 g/mol. The summed E-state index contributed by atoms with van der Waals surface area (Å²) in [5, 5.41) is 10.4. The number of nitrogens with zero attached hydrogens (tertiary/aromatic N) is 4. The summed E-state index contributed by atoms with van der Waals surface area (Å²) >= 11 is 0. The van der Waals surface area contributed by atoms with Crippen molar-refractivity contribution in [2.75, 3.05) is 12.4 Å². The third-order valence-electron chi connectivity index (χ3n) is 2.51. The average Bonchev–Trinajstić information content (AvgIpc) is 2.86. The Labute approximate surface area is 101 Å². The largest absolute Gasteiger partial charge is 0.435 e. The second kappa shape index (κ2) is 4.35. The van der Waals surface area contributed by atoms with E-state index in [1.54, 1.807) is 24.1 Å². The van der Waals surface area contributed by atoms with Crippen LogP contribution in [0.4, 0.5) is 18.9 Å². The molecule has 98 valence electrons. The standard InChI is InChI=1S/C10H12F3N5/c1-14-7-4-15-18(5-7)6-8-3-9(10(11,12)13)16-17(8)2/h3-5,14H,6H2,1-2H3. The van der Waals surface area contributed by atoms with Gasteiger partial charge in [-0.3, -0.25) is 9.36 Å². The van der Waals surface area contributed by atoms with Gasteiger partial charge in [-0.1, -0.05) is 0 Å². The number of nitrogens with one attached hydrogen (secondary N) is 1. The third-order valence-corrected chi connectivity index (χ3v) is 2.51. The molecule has 0 aromatic carbocycles. The first kappa shape index (κ1) is 12.5. The molecule has 0 saturated heterocycles. The molecule has 0 aliphatic carbocycles. The summed E-state index contributed by atoms with van der Waals surface area (Å²) in [7, 11) is 3.22. The third kappa shape index (κ3) is 2.47. The maximum atomic E-state index is 12.5. The van der Waals surface area contributed by atoms with E-state index in [1.807, 2.05) is 0 Å². The number of hydrogen-bond donors (Lipinski definition) is 1. The van der Waals surface area contributed by atoms with Gasteiger partial charge in [-0.2, -0.15) is 23.4 Å². The van der Waals surface area contributed by atoms with Crippen LogP contribution in [-0.2, 0) is 19.8 Å². The summed E-state index contributed by atoms with van der Waals surface area (Å²) in [6, 6.07) is 1.03. The second-order valence-corrected chi connectivity index (χ2v) is 3.82. The van der Waals surface area contributed by atoms with Gasteiger partial charge < -0.3 is 5.32 Å². The van der Waals surface area contributed by atoms with E-state index in [0.29, 0.717) is 5.69 Å². The van der Waals surface area contributed by atoms with Crippen LogP contribution < -0.4 is 5.32 Å². The molecule has 0 aliphatic heterocycles. The van der Waals surface area contributed by atoms with E-state index in [0.717, 1.165) is 11.8 Å². The minimum Gasteiger partial charge on any atom is -0.386 e. The Bertz CT molecular complexity index is 540. The van der Waals surface area contributed by atoms with Crippen molar-refractivity contribution in [1.29, 1.82) is 0 Å². The minimum absolute atomic E-state index is 0.237. The van der Waals surface area contributed by atoms with Crippen molar-refractivity contribution in [3.05, 3.63) is 29.8 Å². The van der Waals surface area contributed by atoms with Gasteiger partial charge in [-0.05, 0) is 6.07 Å². The van der Waals surface area contributed by atoms with Crippen molar-refractivity contribution in [2.45, 2.75) is 12.7 Å². The molecule has 2 heterocycles. The van der Waals surface area contributed by atoms with Crippen molar-refractivity contribution in [2.24, 2.45) is 7.05 Å². The van der Waals surface area contributed by atoms with E-state index in [2.05, 4.69) is 15.5 Å². The Kier molecular flexibility index (Phi) is 3.02. The molecule has 0 radical (unpaired) electrons. The number of aromatic nitrogens is 4. The highest BCUT2D eigenvalue weighted by atomic mass is 19.4. The molecule has 2 rings (SSSR count). The van der Waals surface area contributed by atoms with Crippen LogP contribution >= 0.6 is 0 Å². The molecule has 0 spiro atoms. The summed E-state index contributed by atoms with van der Waals surface area (Å²) in [5.41, 5.74) is 0.349. The summed E-state index contributed by atoms with van der Waals surface area (Å²) in [6.45, 7) is 0.237. The van der Waals surface area contributed by atoms with E-state index < -0.39 is 11.9 Å². The molecule has 0 atom stereocenters. The lowest BCUT2D eigenvalue weighted by molar-refractivity contribution is -0.141. The Morgan fingerprint density at radius 2 is 2.11 bits per heavy atom. The monoisotopic (exact) mass is 259 g/mol. The van der Waals surface area contributed by atoms with Crippen molar-refractivity contribution in [3.8, 4) is 0 Å². The Morgan fingerprint density at radius 3 is 2.61 bits per heavy atom. The first-order valence-electron chi connectivity index (χ1n) is 5.20. The zero-order chi connectivity index (χ0) is 13.3. The normalized spacial score (nSPS) is 11.8. The van der Waals surface area contributed by atoms with Gasteiger partial charge in [0, 0.05) is 20.3 Å². The molecule has 0 fully saturated rings. The first-order chi connectivity index (χ1) is 8.40. The fourth-order valence-electron chi connectivity index (χ4n) is 1.54. The Balaban J connectivity index is 2.21. The maximum Gasteiger partial charge on any atom is 0.435 e. The Morgan fingerprint density at radius 1 is 1.39 bits per heavy atom. The number of aryl methyl sites for hydroxylation is 1. The zero-order valence-electron chi connectivity index (χ0n) is 9.86. The van der Waals surface area contributed by atoms with Crippen molar-refractivity contribution in [1.82, 2.24) is 19.6 Å². The van der Waals surface area contributed by atoms with Gasteiger partial charge in [-0.15, -0.1) is 0 Å². The van der Waals surface area contributed by atoms with Gasteiger partial charge in [-0.25, -0.2) is 0 Å². The number of halogens is 3. The smallest absolute Gasteiger partial charge is 0.386 e. The molecule has 2 aromatic heterocycles. The summed E-state index contributed by atoms with van der Waals surface area (Å²) in [4.78, 5) is 0. The highest BCUT2D eigenvalue weighted by Gasteiger charge is 2.34. The van der Waals surface area contributed by atoms with E-state index in [-0.39, 0.29) is 6.54 Å². The lowest BCUT2D eigenvalue weighted by Crippen LogP contribution is -2.07. The summed E-state index contributed by atoms with van der Waals surface area (Å²) in [6.07, 6.45) is -1.11. The second-order valence-electron chi connectivity index (χ2n) is 3.82. The van der Waals surface area contributed by atoms with Crippen LogP contribution in [0, 0.1) is 0 Å². The molecule has 2 aromatic rings. The quantitative estimate of drug-likeness (QED) is 0.913. The van der Waals surface area contributed by atoms with Crippen LogP contribution in [0.5, 0.6) is 0 Å². The lowest BCUT2D eigenvalue weighted by Gasteiger charge is -2.01. The van der Waals surface area contributed by atoms with Crippen molar-refractivity contribution < 1.29 is 13.2 Å². The number of alkyl halides is 3. The number of rotatable bonds is 3. The summed E-state index contributed by atoms with van der Waals surface area (Å²) in [5.74, 6) is 0. The fourth-order valence-corrected chi connectivity index (χ4v) is 1.54. The topological polar surface area (TPSA) is 47.7 Å². The predicted molar refractivity (Wildman–Crippen MR) is 59.1 cm³/mol. The van der Waals surface area contributed by atoms with E-state index >= 15 is 0 Å². The zero-order valence-corrected chi connectivity index (χ0v) is 9.86. The lowest BCUT2D eigenvalue weighted by atomic mass is 10.3. The van der Waals surface area contributed by atoms with Gasteiger partial charge in [0.2, 0.25) is 0 Å². The molecule has 0 aliphatic rings. The molecule has 0 unspecified atom stereocenters. The molecule has 0 amide bonds. The van der Waals surface area contributed by atoms with Crippen LogP contribution in [0.2, 0.25) is 0 Å². The van der Waals surface area contributed by atoms with Crippen molar-refractivity contribution in [3.63, 3.8) is 0 Å². The van der Waals surface area contributed by atoms with Gasteiger partial charge in [0.1, 0.15) is 0 Å². The fraction of sp³-hybridized carbons (Fsp3) is 0.400.